The molecular formula is C28H39NO5Si. The van der Waals surface area contributed by atoms with Gasteiger partial charge in [-0.15, -0.1) is 0 Å². The number of ether oxygens (including phenoxy) is 2. The van der Waals surface area contributed by atoms with Crippen LogP contribution in [-0.4, -0.2) is 57.2 Å². The van der Waals surface area contributed by atoms with E-state index in [0.717, 1.165) is 10.4 Å². The van der Waals surface area contributed by atoms with Crippen LogP contribution in [0.5, 0.6) is 0 Å². The molecule has 3 rings (SSSR count). The maximum atomic E-state index is 14.0. The molecule has 190 valence electrons. The van der Waals surface area contributed by atoms with Crippen LogP contribution in [0, 0.1) is 5.92 Å². The smallest absolute Gasteiger partial charge is 0.411 e. The summed E-state index contributed by atoms with van der Waals surface area (Å²) in [6.45, 7) is 12.7. The highest BCUT2D eigenvalue weighted by Crippen LogP contribution is 2.38. The van der Waals surface area contributed by atoms with Gasteiger partial charge in [-0.3, -0.25) is 9.69 Å². The van der Waals surface area contributed by atoms with Gasteiger partial charge in [-0.2, -0.15) is 0 Å². The Morgan fingerprint density at radius 3 is 1.86 bits per heavy atom. The lowest BCUT2D eigenvalue weighted by molar-refractivity contribution is -0.140. The van der Waals surface area contributed by atoms with Gasteiger partial charge in [0.2, 0.25) is 0 Å². The first kappa shape index (κ1) is 27.0. The molecule has 0 saturated carbocycles. The number of amides is 1. The van der Waals surface area contributed by atoms with Crippen LogP contribution in [0.4, 0.5) is 4.79 Å². The lowest BCUT2D eigenvalue weighted by Crippen LogP contribution is -2.68. The minimum absolute atomic E-state index is 0.0317. The van der Waals surface area contributed by atoms with Gasteiger partial charge in [-0.05, 0) is 42.6 Å². The van der Waals surface area contributed by atoms with Crippen LogP contribution >= 0.6 is 0 Å². The molecule has 0 spiro atoms. The summed E-state index contributed by atoms with van der Waals surface area (Å²) >= 11 is 0. The third-order valence-corrected chi connectivity index (χ3v) is 11.3. The molecule has 2 aromatic carbocycles. The number of likely N-dealkylation sites (tertiary alicyclic amines) is 1. The van der Waals surface area contributed by atoms with Gasteiger partial charge in [0, 0.05) is 19.6 Å². The summed E-state index contributed by atoms with van der Waals surface area (Å²) < 4.78 is 17.7. The monoisotopic (exact) mass is 497 g/mol. The average Bonchev–Trinajstić information content (AvgIpc) is 3.21. The first-order valence-electron chi connectivity index (χ1n) is 12.2. The van der Waals surface area contributed by atoms with Crippen molar-refractivity contribution >= 4 is 30.8 Å². The Kier molecular flexibility index (Phi) is 8.12. The molecule has 0 aromatic heterocycles. The summed E-state index contributed by atoms with van der Waals surface area (Å²) in [6.07, 6.45) is -0.0232. The molecule has 6 nitrogen and oxygen atoms in total. The highest BCUT2D eigenvalue weighted by molar-refractivity contribution is 7.00. The molecule has 7 heteroatoms. The van der Waals surface area contributed by atoms with Gasteiger partial charge < -0.3 is 13.9 Å². The van der Waals surface area contributed by atoms with Crippen LogP contribution in [0.25, 0.3) is 0 Å². The van der Waals surface area contributed by atoms with Crippen LogP contribution in [-0.2, 0) is 18.7 Å². The van der Waals surface area contributed by atoms with E-state index in [0.29, 0.717) is 19.6 Å². The second kappa shape index (κ2) is 10.5. The molecule has 0 aliphatic carbocycles. The minimum Gasteiger partial charge on any atom is -0.508 e. The van der Waals surface area contributed by atoms with E-state index in [1.165, 1.54) is 4.90 Å². The van der Waals surface area contributed by atoms with Crippen LogP contribution < -0.4 is 10.4 Å². The molecule has 1 heterocycles. The predicted molar refractivity (Wildman–Crippen MR) is 140 cm³/mol. The Bertz CT molecular complexity index is 958. The van der Waals surface area contributed by atoms with Crippen molar-refractivity contribution in [1.82, 2.24) is 4.90 Å². The fourth-order valence-corrected chi connectivity index (χ4v) is 9.26. The number of nitrogens with zero attached hydrogens (tertiary/aromatic N) is 1. The summed E-state index contributed by atoms with van der Waals surface area (Å²) in [7, 11) is -1.46. The Morgan fingerprint density at radius 1 is 0.914 bits per heavy atom. The molecule has 2 aromatic rings. The largest absolute Gasteiger partial charge is 0.508 e. The van der Waals surface area contributed by atoms with E-state index in [4.69, 9.17) is 13.9 Å². The van der Waals surface area contributed by atoms with E-state index in [1.54, 1.807) is 7.11 Å². The highest BCUT2D eigenvalue weighted by atomic mass is 28.4. The van der Waals surface area contributed by atoms with E-state index >= 15 is 0 Å². The zero-order chi connectivity index (χ0) is 25.9. The first-order chi connectivity index (χ1) is 16.4. The molecule has 0 N–H and O–H groups in total. The maximum Gasteiger partial charge on any atom is 0.411 e. The topological polar surface area (TPSA) is 65.1 Å². The Labute approximate surface area is 210 Å². The van der Waals surface area contributed by atoms with Crippen molar-refractivity contribution < 1.29 is 23.5 Å². The fraction of sp³-hybridized carbons (Fsp3) is 0.500. The summed E-state index contributed by atoms with van der Waals surface area (Å²) in [5, 5.41) is 1.68. The molecule has 1 saturated heterocycles. The van der Waals surface area contributed by atoms with Crippen LogP contribution in [0.3, 0.4) is 0 Å². The van der Waals surface area contributed by atoms with Gasteiger partial charge in [0.1, 0.15) is 11.6 Å². The zero-order valence-corrected chi connectivity index (χ0v) is 23.0. The fourth-order valence-electron chi connectivity index (χ4n) is 4.89. The van der Waals surface area contributed by atoms with Gasteiger partial charge in [-0.25, -0.2) is 4.79 Å². The third-order valence-electron chi connectivity index (χ3n) is 6.36. The Morgan fingerprint density at radius 2 is 1.43 bits per heavy atom. The van der Waals surface area contributed by atoms with Crippen molar-refractivity contribution in [3.8, 4) is 0 Å². The van der Waals surface area contributed by atoms with Crippen LogP contribution in [0.2, 0.25) is 5.04 Å². The second-order valence-electron chi connectivity index (χ2n) is 11.3. The van der Waals surface area contributed by atoms with Crippen molar-refractivity contribution in [2.75, 3.05) is 20.3 Å². The highest BCUT2D eigenvalue weighted by Gasteiger charge is 2.55. The van der Waals surface area contributed by atoms with E-state index < -0.39 is 26.1 Å². The van der Waals surface area contributed by atoms with Gasteiger partial charge >= 0.3 is 20.4 Å². The summed E-state index contributed by atoms with van der Waals surface area (Å²) in [6, 6.07) is 19.3. The predicted octanol–water partition coefficient (Wildman–Crippen LogP) is 4.36. The number of carbonyl (C=O) groups excluding carboxylic acids is 2. The number of rotatable bonds is 6. The Balaban J connectivity index is 2.05. The van der Waals surface area contributed by atoms with Crippen molar-refractivity contribution in [1.29, 1.82) is 0 Å². The molecular weight excluding hydrogens is 458 g/mol. The first-order valence-corrected chi connectivity index (χ1v) is 14.1. The molecule has 0 bridgehead atoms. The molecule has 1 aliphatic rings. The van der Waals surface area contributed by atoms with Gasteiger partial charge in [0.25, 0.3) is 0 Å². The van der Waals surface area contributed by atoms with E-state index in [1.807, 2.05) is 81.4 Å². The number of carbonyl (C=O) groups is 2. The molecule has 1 amide bonds. The molecule has 2 atom stereocenters. The number of benzene rings is 2. The van der Waals surface area contributed by atoms with E-state index in [9.17, 15) is 9.59 Å². The average molecular weight is 498 g/mol. The molecule has 0 radical (unpaired) electrons. The van der Waals surface area contributed by atoms with Crippen LogP contribution in [0.15, 0.2) is 60.7 Å². The molecule has 1 fully saturated rings. The van der Waals surface area contributed by atoms with Crippen molar-refractivity contribution in [2.24, 2.45) is 5.92 Å². The van der Waals surface area contributed by atoms with Gasteiger partial charge in [0.05, 0.1) is 6.61 Å². The number of hydrogen-bond acceptors (Lipinski definition) is 5. The minimum atomic E-state index is -3.09. The summed E-state index contributed by atoms with van der Waals surface area (Å²) in [5.41, 5.74) is -0.664. The van der Waals surface area contributed by atoms with E-state index in [2.05, 4.69) is 20.8 Å². The number of hydrogen-bond donors (Lipinski definition) is 0. The summed E-state index contributed by atoms with van der Waals surface area (Å²) in [4.78, 5) is 28.6. The van der Waals surface area contributed by atoms with Gasteiger partial charge in [0.15, 0.2) is 0 Å². The normalized spacial score (nSPS) is 18.9. The lowest BCUT2D eigenvalue weighted by atomic mass is 10.1. The zero-order valence-electron chi connectivity index (χ0n) is 22.0. The SMILES string of the molecule is COCC1C[C@@H](C(=O)O[Si](c2ccccc2)(c2ccccc2)C(C)(C)C)N(C(=O)OC(C)(C)C)C1. The van der Waals surface area contributed by atoms with E-state index in [-0.39, 0.29) is 16.9 Å². The Hall–Kier alpha value is -2.64. The molecule has 1 aliphatic heterocycles. The third kappa shape index (κ3) is 5.96. The quantitative estimate of drug-likeness (QED) is 0.555. The van der Waals surface area contributed by atoms with Crippen LogP contribution in [0.1, 0.15) is 48.0 Å². The molecule has 1 unspecified atom stereocenters. The van der Waals surface area contributed by atoms with Crippen molar-refractivity contribution in [3.05, 3.63) is 60.7 Å². The summed E-state index contributed by atoms with van der Waals surface area (Å²) in [5.74, 6) is -0.354. The number of methoxy groups -OCH3 is 1. The standard InChI is InChI=1S/C28H39NO5Si/c1-27(2,3)33-26(31)29-19-21(20-32-7)18-24(29)25(30)34-35(28(4,5)6,22-14-10-8-11-15-22)23-16-12-9-13-17-23/h8-17,21,24H,18-20H2,1-7H3/t21?,24-/m0/s1. The van der Waals surface area contributed by atoms with Crippen molar-refractivity contribution in [2.45, 2.75) is 64.6 Å². The van der Waals surface area contributed by atoms with Gasteiger partial charge in [-0.1, -0.05) is 81.4 Å². The van der Waals surface area contributed by atoms with Crippen molar-refractivity contribution in [3.63, 3.8) is 0 Å². The maximum absolute atomic E-state index is 14.0. The molecule has 35 heavy (non-hydrogen) atoms. The lowest BCUT2D eigenvalue weighted by Gasteiger charge is -2.43. The second-order valence-corrected chi connectivity index (χ2v) is 15.5.